The van der Waals surface area contributed by atoms with Gasteiger partial charge < -0.3 is 15.8 Å². The molecule has 0 bridgehead atoms. The number of pyridine rings is 1. The number of halogens is 1. The number of hydrogen-bond donors (Lipinski definition) is 2. The molecular formula is C14H12BrN3O2S. The highest BCUT2D eigenvalue weighted by Gasteiger charge is 2.10. The number of hydrogen-bond acceptors (Lipinski definition) is 4. The van der Waals surface area contributed by atoms with Crippen molar-refractivity contribution in [3.63, 3.8) is 0 Å². The number of carbonyl (C=O) groups is 1. The van der Waals surface area contributed by atoms with Crippen molar-refractivity contribution >= 4 is 44.7 Å². The fourth-order valence-corrected chi connectivity index (χ4v) is 2.00. The molecule has 21 heavy (non-hydrogen) atoms. The predicted octanol–water partition coefficient (Wildman–Crippen LogP) is 2.76. The largest absolute Gasteiger partial charge is 0.484 e. The molecule has 2 rings (SSSR count). The molecule has 0 fully saturated rings. The summed E-state index contributed by atoms with van der Waals surface area (Å²) in [5.74, 6) is 0.219. The van der Waals surface area contributed by atoms with Crippen molar-refractivity contribution in [1.29, 1.82) is 0 Å². The Kier molecular flexibility index (Phi) is 5.24. The van der Waals surface area contributed by atoms with Gasteiger partial charge in [0.25, 0.3) is 5.91 Å². The van der Waals surface area contributed by atoms with E-state index < -0.39 is 0 Å². The van der Waals surface area contributed by atoms with Gasteiger partial charge in [-0.3, -0.25) is 9.78 Å². The van der Waals surface area contributed by atoms with Crippen LogP contribution in [0.4, 0.5) is 5.69 Å². The Balaban J connectivity index is 2.15. The zero-order chi connectivity index (χ0) is 15.2. The monoisotopic (exact) mass is 365 g/mol. The fraction of sp³-hybridized carbons (Fsp3) is 0.0714. The van der Waals surface area contributed by atoms with Gasteiger partial charge in [-0.1, -0.05) is 24.4 Å². The average molecular weight is 366 g/mol. The summed E-state index contributed by atoms with van der Waals surface area (Å²) in [7, 11) is 0. The molecule has 7 heteroatoms. The number of para-hydroxylation sites is 2. The quantitative estimate of drug-likeness (QED) is 0.796. The first-order chi connectivity index (χ1) is 10.1. The van der Waals surface area contributed by atoms with Crippen LogP contribution < -0.4 is 15.8 Å². The van der Waals surface area contributed by atoms with Crippen LogP contribution in [0.3, 0.4) is 0 Å². The molecule has 1 heterocycles. The first-order valence-electron chi connectivity index (χ1n) is 5.98. The van der Waals surface area contributed by atoms with E-state index in [0.717, 1.165) is 4.47 Å². The third-order valence-corrected chi connectivity index (χ3v) is 3.02. The number of nitrogens with two attached hydrogens (primary N) is 1. The van der Waals surface area contributed by atoms with Crippen LogP contribution >= 0.6 is 28.1 Å². The molecule has 0 atom stereocenters. The van der Waals surface area contributed by atoms with E-state index >= 15 is 0 Å². The van der Waals surface area contributed by atoms with Crippen LogP contribution in [0, 0.1) is 0 Å². The molecule has 108 valence electrons. The normalized spacial score (nSPS) is 9.95. The number of anilines is 1. The summed E-state index contributed by atoms with van der Waals surface area (Å²) in [6, 6.07) is 8.74. The van der Waals surface area contributed by atoms with E-state index in [0.29, 0.717) is 17.0 Å². The fourth-order valence-electron chi connectivity index (χ4n) is 1.58. The summed E-state index contributed by atoms with van der Waals surface area (Å²) >= 11 is 8.04. The Labute approximate surface area is 135 Å². The second-order valence-electron chi connectivity index (χ2n) is 4.10. The van der Waals surface area contributed by atoms with Gasteiger partial charge in [-0.2, -0.15) is 0 Å². The van der Waals surface area contributed by atoms with Crippen molar-refractivity contribution < 1.29 is 9.53 Å². The number of rotatable bonds is 5. The number of nitrogens with zero attached hydrogens (tertiary/aromatic N) is 1. The third kappa shape index (κ3) is 4.51. The van der Waals surface area contributed by atoms with Crippen LogP contribution in [0.1, 0.15) is 10.4 Å². The Morgan fingerprint density at radius 3 is 2.86 bits per heavy atom. The second-order valence-corrected chi connectivity index (χ2v) is 5.54. The summed E-state index contributed by atoms with van der Waals surface area (Å²) in [4.78, 5) is 16.4. The van der Waals surface area contributed by atoms with E-state index in [-0.39, 0.29) is 17.5 Å². The van der Waals surface area contributed by atoms with Gasteiger partial charge in [-0.15, -0.1) is 0 Å². The molecule has 5 nitrogen and oxygen atoms in total. The molecule has 1 amide bonds. The molecule has 0 radical (unpaired) electrons. The van der Waals surface area contributed by atoms with Gasteiger partial charge in [0.15, 0.2) is 0 Å². The Bertz CT molecular complexity index is 679. The topological polar surface area (TPSA) is 77.2 Å². The average Bonchev–Trinajstić information content (AvgIpc) is 2.46. The number of aromatic nitrogens is 1. The lowest BCUT2D eigenvalue weighted by Crippen LogP contribution is -2.19. The van der Waals surface area contributed by atoms with E-state index in [1.165, 1.54) is 6.20 Å². The Hall–Kier alpha value is -1.99. The molecule has 2 aromatic rings. The Morgan fingerprint density at radius 1 is 1.38 bits per heavy atom. The maximum Gasteiger partial charge on any atom is 0.257 e. The van der Waals surface area contributed by atoms with Gasteiger partial charge in [0.2, 0.25) is 0 Å². The molecule has 0 unspecified atom stereocenters. The number of ether oxygens (including phenoxy) is 1. The minimum atomic E-state index is -0.282. The standard InChI is InChI=1S/C14H12BrN3O2S/c15-10-5-9(6-17-7-10)14(19)18-11-3-1-2-4-12(11)20-8-13(16)21/h1-7H,8H2,(H2,16,21)(H,18,19). The Morgan fingerprint density at radius 2 is 2.14 bits per heavy atom. The zero-order valence-corrected chi connectivity index (χ0v) is 13.3. The summed E-state index contributed by atoms with van der Waals surface area (Å²) in [6.07, 6.45) is 3.09. The van der Waals surface area contributed by atoms with Crippen LogP contribution in [-0.4, -0.2) is 22.5 Å². The van der Waals surface area contributed by atoms with E-state index in [1.807, 2.05) is 0 Å². The lowest BCUT2D eigenvalue weighted by Gasteiger charge is -2.12. The summed E-state index contributed by atoms with van der Waals surface area (Å²) in [5, 5.41) is 2.77. The predicted molar refractivity (Wildman–Crippen MR) is 88.6 cm³/mol. The molecule has 0 saturated heterocycles. The molecule has 0 saturated carbocycles. The van der Waals surface area contributed by atoms with Crippen molar-refractivity contribution in [2.45, 2.75) is 0 Å². The van der Waals surface area contributed by atoms with Crippen molar-refractivity contribution in [3.05, 3.63) is 52.8 Å². The van der Waals surface area contributed by atoms with Crippen LogP contribution in [0.25, 0.3) is 0 Å². The first-order valence-corrected chi connectivity index (χ1v) is 7.18. The third-order valence-electron chi connectivity index (χ3n) is 2.47. The molecule has 3 N–H and O–H groups in total. The van der Waals surface area contributed by atoms with Gasteiger partial charge in [0.1, 0.15) is 17.3 Å². The van der Waals surface area contributed by atoms with Crippen molar-refractivity contribution in [1.82, 2.24) is 4.98 Å². The molecular weight excluding hydrogens is 354 g/mol. The highest BCUT2D eigenvalue weighted by Crippen LogP contribution is 2.24. The summed E-state index contributed by atoms with van der Waals surface area (Å²) < 4.78 is 6.18. The van der Waals surface area contributed by atoms with Crippen molar-refractivity contribution in [2.75, 3.05) is 11.9 Å². The van der Waals surface area contributed by atoms with Gasteiger partial charge in [-0.05, 0) is 34.1 Å². The van der Waals surface area contributed by atoms with Gasteiger partial charge in [0.05, 0.1) is 11.3 Å². The van der Waals surface area contributed by atoms with E-state index in [2.05, 4.69) is 26.2 Å². The minimum absolute atomic E-state index is 0.112. The molecule has 1 aromatic heterocycles. The van der Waals surface area contributed by atoms with Crippen molar-refractivity contribution in [3.8, 4) is 5.75 Å². The van der Waals surface area contributed by atoms with Crippen LogP contribution in [0.2, 0.25) is 0 Å². The van der Waals surface area contributed by atoms with Gasteiger partial charge >= 0.3 is 0 Å². The number of carbonyl (C=O) groups excluding carboxylic acids is 1. The minimum Gasteiger partial charge on any atom is -0.484 e. The van der Waals surface area contributed by atoms with Crippen LogP contribution in [0.5, 0.6) is 5.75 Å². The lowest BCUT2D eigenvalue weighted by atomic mass is 10.2. The summed E-state index contributed by atoms with van der Waals surface area (Å²) in [6.45, 7) is 0.112. The van der Waals surface area contributed by atoms with Gasteiger partial charge in [0, 0.05) is 16.9 Å². The van der Waals surface area contributed by atoms with Crippen LogP contribution in [0.15, 0.2) is 47.2 Å². The lowest BCUT2D eigenvalue weighted by molar-refractivity contribution is 0.102. The van der Waals surface area contributed by atoms with E-state index in [4.69, 9.17) is 22.7 Å². The highest BCUT2D eigenvalue weighted by molar-refractivity contribution is 9.10. The number of thiocarbonyl (C=S) groups is 1. The molecule has 0 aliphatic carbocycles. The number of amides is 1. The smallest absolute Gasteiger partial charge is 0.257 e. The van der Waals surface area contributed by atoms with E-state index in [1.54, 1.807) is 36.5 Å². The molecule has 1 aromatic carbocycles. The number of nitrogens with one attached hydrogen (secondary N) is 1. The maximum atomic E-state index is 12.2. The second kappa shape index (κ2) is 7.14. The molecule has 0 aliphatic heterocycles. The SMILES string of the molecule is NC(=S)COc1ccccc1NC(=O)c1cncc(Br)c1. The molecule has 0 spiro atoms. The van der Waals surface area contributed by atoms with E-state index in [9.17, 15) is 4.79 Å². The molecule has 0 aliphatic rings. The highest BCUT2D eigenvalue weighted by atomic mass is 79.9. The van der Waals surface area contributed by atoms with Crippen molar-refractivity contribution in [2.24, 2.45) is 5.73 Å². The maximum absolute atomic E-state index is 12.2. The van der Waals surface area contributed by atoms with Gasteiger partial charge in [-0.25, -0.2) is 0 Å². The summed E-state index contributed by atoms with van der Waals surface area (Å²) in [5.41, 5.74) is 6.38. The first kappa shape index (κ1) is 15.4. The number of benzene rings is 1. The van der Waals surface area contributed by atoms with Crippen LogP contribution in [-0.2, 0) is 0 Å². The zero-order valence-electron chi connectivity index (χ0n) is 10.9.